The van der Waals surface area contributed by atoms with Crippen LogP contribution in [0.4, 0.5) is 0 Å². The minimum atomic E-state index is -0.383. The van der Waals surface area contributed by atoms with Crippen LogP contribution in [-0.2, 0) is 23.9 Å². The Balaban J connectivity index is 1.22. The van der Waals surface area contributed by atoms with E-state index in [9.17, 15) is 14.4 Å². The zero-order valence-corrected chi connectivity index (χ0v) is 21.1. The molecule has 188 valence electrons. The van der Waals surface area contributed by atoms with Gasteiger partial charge in [0.2, 0.25) is 0 Å². The maximum atomic E-state index is 12.8. The van der Waals surface area contributed by atoms with E-state index in [4.69, 9.17) is 9.47 Å². The lowest BCUT2D eigenvalue weighted by atomic mass is 9.52. The molecule has 0 bridgehead atoms. The Morgan fingerprint density at radius 3 is 2.59 bits per heavy atom. The number of carbonyl (C=O) groups excluding carboxylic acids is 3. The highest BCUT2D eigenvalue weighted by Crippen LogP contribution is 2.64. The first-order valence-corrected chi connectivity index (χ1v) is 14.0. The standard InChI is InChI=1S/C29H42O5/c1-3-19-16-25-24-10-8-20-15-21(30)9-11-22(20)23(24)12-13-29(25,2)28(19)34-27(32)17-33-26(31)14-18-6-4-5-7-18/h15,18-19,22-25,28H,3-14,16-17H2,1-2H3/t19-,22-,23+,24+,25-,28-,29-/m0/s1. The van der Waals surface area contributed by atoms with Gasteiger partial charge in [0.25, 0.3) is 0 Å². The molecular formula is C29H42O5. The van der Waals surface area contributed by atoms with E-state index in [2.05, 4.69) is 13.8 Å². The van der Waals surface area contributed by atoms with Crippen molar-refractivity contribution in [3.63, 3.8) is 0 Å². The summed E-state index contributed by atoms with van der Waals surface area (Å²) in [6, 6.07) is 0. The Kier molecular flexibility index (Phi) is 6.92. The van der Waals surface area contributed by atoms with Crippen molar-refractivity contribution >= 4 is 17.7 Å². The predicted molar refractivity (Wildman–Crippen MR) is 129 cm³/mol. The summed E-state index contributed by atoms with van der Waals surface area (Å²) >= 11 is 0. The van der Waals surface area contributed by atoms with E-state index in [1.807, 2.05) is 6.08 Å². The molecule has 0 aromatic rings. The normalized spacial score (nSPS) is 39.6. The van der Waals surface area contributed by atoms with Gasteiger partial charge in [0.15, 0.2) is 12.4 Å². The van der Waals surface area contributed by atoms with Gasteiger partial charge in [-0.15, -0.1) is 0 Å². The molecule has 4 saturated carbocycles. The summed E-state index contributed by atoms with van der Waals surface area (Å²) in [5.74, 6) is 2.96. The van der Waals surface area contributed by atoms with Gasteiger partial charge in [0, 0.05) is 18.3 Å². The SMILES string of the molecule is CC[C@H]1C[C@H]2[C@@H]3CCC4=CC(=O)CC[C@@H]4[C@H]3CC[C@]2(C)[C@H]1OC(=O)COC(=O)CC1CCCC1. The third-order valence-electron chi connectivity index (χ3n) is 10.4. The quantitative estimate of drug-likeness (QED) is 0.459. The summed E-state index contributed by atoms with van der Waals surface area (Å²) in [4.78, 5) is 36.9. The van der Waals surface area contributed by atoms with E-state index in [0.717, 1.165) is 57.8 Å². The topological polar surface area (TPSA) is 69.7 Å². The molecule has 0 aliphatic heterocycles. The van der Waals surface area contributed by atoms with Gasteiger partial charge >= 0.3 is 11.9 Å². The maximum absolute atomic E-state index is 12.8. The van der Waals surface area contributed by atoms with Crippen LogP contribution in [0, 0.1) is 40.9 Å². The fraction of sp³-hybridized carbons (Fsp3) is 0.828. The van der Waals surface area contributed by atoms with Crippen LogP contribution in [-0.4, -0.2) is 30.4 Å². The Labute approximate surface area is 204 Å². The van der Waals surface area contributed by atoms with Crippen LogP contribution in [0.5, 0.6) is 0 Å². The summed E-state index contributed by atoms with van der Waals surface area (Å²) in [7, 11) is 0. The second-order valence-electron chi connectivity index (χ2n) is 12.2. The number of hydrogen-bond donors (Lipinski definition) is 0. The summed E-state index contributed by atoms with van der Waals surface area (Å²) in [6.45, 7) is 4.30. The monoisotopic (exact) mass is 470 g/mol. The molecule has 0 unspecified atom stereocenters. The van der Waals surface area contributed by atoms with Crippen LogP contribution >= 0.6 is 0 Å². The first kappa shape index (κ1) is 24.1. The Bertz CT molecular complexity index is 839. The number of carbonyl (C=O) groups is 3. The van der Waals surface area contributed by atoms with Crippen molar-refractivity contribution in [2.75, 3.05) is 6.61 Å². The van der Waals surface area contributed by atoms with Crippen molar-refractivity contribution in [2.45, 2.75) is 103 Å². The second-order valence-corrected chi connectivity index (χ2v) is 12.2. The second kappa shape index (κ2) is 9.78. The first-order valence-electron chi connectivity index (χ1n) is 14.0. The van der Waals surface area contributed by atoms with Crippen LogP contribution < -0.4 is 0 Å². The van der Waals surface area contributed by atoms with Gasteiger partial charge < -0.3 is 9.47 Å². The van der Waals surface area contributed by atoms with Crippen molar-refractivity contribution < 1.29 is 23.9 Å². The van der Waals surface area contributed by atoms with Crippen LogP contribution in [0.15, 0.2) is 11.6 Å². The van der Waals surface area contributed by atoms with Gasteiger partial charge in [-0.25, -0.2) is 4.79 Å². The van der Waals surface area contributed by atoms with Gasteiger partial charge in [-0.05, 0) is 99.4 Å². The molecule has 0 N–H and O–H groups in total. The largest absolute Gasteiger partial charge is 0.459 e. The highest BCUT2D eigenvalue weighted by Gasteiger charge is 2.60. The third kappa shape index (κ3) is 4.48. The van der Waals surface area contributed by atoms with E-state index < -0.39 is 0 Å². The van der Waals surface area contributed by atoms with Crippen molar-refractivity contribution in [2.24, 2.45) is 40.9 Å². The first-order chi connectivity index (χ1) is 16.4. The zero-order valence-electron chi connectivity index (χ0n) is 21.1. The summed E-state index contributed by atoms with van der Waals surface area (Å²) in [5, 5.41) is 0. The maximum Gasteiger partial charge on any atom is 0.344 e. The molecule has 0 aromatic heterocycles. The number of fused-ring (bicyclic) bond motifs is 5. The minimum absolute atomic E-state index is 0.00291. The van der Waals surface area contributed by atoms with E-state index >= 15 is 0 Å². The summed E-state index contributed by atoms with van der Waals surface area (Å²) < 4.78 is 11.5. The van der Waals surface area contributed by atoms with E-state index in [0.29, 0.717) is 54.1 Å². The van der Waals surface area contributed by atoms with Gasteiger partial charge in [-0.1, -0.05) is 32.3 Å². The fourth-order valence-corrected chi connectivity index (χ4v) is 8.75. The molecule has 7 atom stereocenters. The Morgan fingerprint density at radius 1 is 1.03 bits per heavy atom. The number of ether oxygens (including phenoxy) is 2. The minimum Gasteiger partial charge on any atom is -0.459 e. The molecule has 0 saturated heterocycles. The van der Waals surface area contributed by atoms with E-state index in [-0.39, 0.29) is 30.1 Å². The lowest BCUT2D eigenvalue weighted by Gasteiger charge is -2.53. The smallest absolute Gasteiger partial charge is 0.344 e. The van der Waals surface area contributed by atoms with Gasteiger partial charge in [0.1, 0.15) is 6.10 Å². The molecule has 0 aromatic carbocycles. The average Bonchev–Trinajstić information content (AvgIpc) is 3.43. The molecule has 5 aliphatic rings. The highest BCUT2D eigenvalue weighted by molar-refractivity contribution is 5.91. The highest BCUT2D eigenvalue weighted by atomic mass is 16.6. The van der Waals surface area contributed by atoms with E-state index in [1.54, 1.807) is 0 Å². The molecule has 0 spiro atoms. The molecule has 5 heteroatoms. The van der Waals surface area contributed by atoms with Crippen molar-refractivity contribution in [1.82, 2.24) is 0 Å². The van der Waals surface area contributed by atoms with Gasteiger partial charge in [0.05, 0.1) is 0 Å². The van der Waals surface area contributed by atoms with Crippen LogP contribution in [0.1, 0.15) is 97.3 Å². The zero-order chi connectivity index (χ0) is 23.9. The fourth-order valence-electron chi connectivity index (χ4n) is 8.75. The number of ketones is 1. The predicted octanol–water partition coefficient (Wildman–Crippen LogP) is 5.80. The number of rotatable bonds is 6. The van der Waals surface area contributed by atoms with Crippen molar-refractivity contribution in [3.8, 4) is 0 Å². The van der Waals surface area contributed by atoms with Crippen LogP contribution in [0.3, 0.4) is 0 Å². The lowest BCUT2D eigenvalue weighted by molar-refractivity contribution is -0.171. The number of allylic oxidation sites excluding steroid dienone is 1. The van der Waals surface area contributed by atoms with Crippen molar-refractivity contribution in [3.05, 3.63) is 11.6 Å². The molecule has 0 radical (unpaired) electrons. The lowest BCUT2D eigenvalue weighted by Crippen LogP contribution is -2.49. The summed E-state index contributed by atoms with van der Waals surface area (Å²) in [5.41, 5.74) is 1.41. The average molecular weight is 471 g/mol. The number of esters is 2. The molecule has 0 amide bonds. The molecule has 0 heterocycles. The molecular weight excluding hydrogens is 428 g/mol. The van der Waals surface area contributed by atoms with E-state index in [1.165, 1.54) is 18.4 Å². The molecule has 34 heavy (non-hydrogen) atoms. The van der Waals surface area contributed by atoms with Crippen molar-refractivity contribution in [1.29, 1.82) is 0 Å². The van der Waals surface area contributed by atoms with Crippen LogP contribution in [0.25, 0.3) is 0 Å². The van der Waals surface area contributed by atoms with Gasteiger partial charge in [-0.3, -0.25) is 9.59 Å². The molecule has 5 nitrogen and oxygen atoms in total. The van der Waals surface area contributed by atoms with Gasteiger partial charge in [-0.2, -0.15) is 0 Å². The number of hydrogen-bond acceptors (Lipinski definition) is 5. The van der Waals surface area contributed by atoms with Crippen LogP contribution in [0.2, 0.25) is 0 Å². The molecule has 4 fully saturated rings. The molecule has 5 aliphatic carbocycles. The molecule has 5 rings (SSSR count). The Morgan fingerprint density at radius 2 is 1.82 bits per heavy atom. The Hall–Kier alpha value is -1.65. The summed E-state index contributed by atoms with van der Waals surface area (Å²) in [6.07, 6.45) is 15.2. The third-order valence-corrected chi connectivity index (χ3v) is 10.4.